The monoisotopic (exact) mass is 284 g/mol. The van der Waals surface area contributed by atoms with Crippen LogP contribution in [0.2, 0.25) is 0 Å². The van der Waals surface area contributed by atoms with Crippen molar-refractivity contribution in [1.82, 2.24) is 0 Å². The molecule has 0 N–H and O–H groups in total. The second kappa shape index (κ2) is 8.38. The SMILES string of the molecule is CCCCCCCCC(OC1(OCC)CC1)C(C)(C)C. The molecule has 0 aromatic heterocycles. The van der Waals surface area contributed by atoms with Gasteiger partial charge in [-0.15, -0.1) is 0 Å². The summed E-state index contributed by atoms with van der Waals surface area (Å²) in [6.45, 7) is 12.0. The van der Waals surface area contributed by atoms with E-state index in [0.29, 0.717) is 6.10 Å². The van der Waals surface area contributed by atoms with Crippen molar-refractivity contribution in [3.63, 3.8) is 0 Å². The number of hydrogen-bond acceptors (Lipinski definition) is 2. The molecule has 1 aliphatic rings. The van der Waals surface area contributed by atoms with Gasteiger partial charge in [0.1, 0.15) is 0 Å². The molecule has 0 spiro atoms. The summed E-state index contributed by atoms with van der Waals surface area (Å²) in [6, 6.07) is 0. The van der Waals surface area contributed by atoms with E-state index in [-0.39, 0.29) is 11.2 Å². The van der Waals surface area contributed by atoms with Gasteiger partial charge in [0.05, 0.1) is 6.10 Å². The molecule has 1 aliphatic carbocycles. The van der Waals surface area contributed by atoms with Crippen LogP contribution in [0.1, 0.15) is 92.4 Å². The lowest BCUT2D eigenvalue weighted by Gasteiger charge is -2.34. The first-order valence-electron chi connectivity index (χ1n) is 8.75. The second-order valence-corrected chi connectivity index (χ2v) is 7.37. The molecule has 2 nitrogen and oxygen atoms in total. The molecular weight excluding hydrogens is 248 g/mol. The molecule has 1 atom stereocenters. The Kier molecular flexibility index (Phi) is 7.53. The van der Waals surface area contributed by atoms with E-state index in [1.54, 1.807) is 0 Å². The van der Waals surface area contributed by atoms with E-state index in [1.807, 2.05) is 0 Å². The van der Waals surface area contributed by atoms with Gasteiger partial charge < -0.3 is 9.47 Å². The molecule has 1 rings (SSSR count). The van der Waals surface area contributed by atoms with Crippen LogP contribution >= 0.6 is 0 Å². The summed E-state index contributed by atoms with van der Waals surface area (Å²) < 4.78 is 12.2. The van der Waals surface area contributed by atoms with Crippen molar-refractivity contribution in [2.75, 3.05) is 6.61 Å². The lowest BCUT2D eigenvalue weighted by atomic mass is 9.85. The minimum atomic E-state index is -0.227. The Morgan fingerprint density at radius 1 is 0.950 bits per heavy atom. The highest BCUT2D eigenvalue weighted by Crippen LogP contribution is 2.44. The first-order valence-corrected chi connectivity index (χ1v) is 8.75. The fourth-order valence-corrected chi connectivity index (χ4v) is 2.70. The molecule has 1 fully saturated rings. The third-order valence-electron chi connectivity index (χ3n) is 4.21. The molecule has 20 heavy (non-hydrogen) atoms. The van der Waals surface area contributed by atoms with Crippen LogP contribution in [-0.4, -0.2) is 18.5 Å². The third-order valence-corrected chi connectivity index (χ3v) is 4.21. The Labute approximate surface area is 126 Å². The van der Waals surface area contributed by atoms with Crippen molar-refractivity contribution in [2.45, 2.75) is 104 Å². The molecular formula is C18H36O2. The van der Waals surface area contributed by atoms with Gasteiger partial charge in [0, 0.05) is 19.4 Å². The summed E-state index contributed by atoms with van der Waals surface area (Å²) in [5, 5.41) is 0. The molecule has 0 aliphatic heterocycles. The van der Waals surface area contributed by atoms with Gasteiger partial charge in [0.15, 0.2) is 5.79 Å². The lowest BCUT2D eigenvalue weighted by molar-refractivity contribution is -0.213. The van der Waals surface area contributed by atoms with E-state index in [9.17, 15) is 0 Å². The van der Waals surface area contributed by atoms with E-state index in [4.69, 9.17) is 9.47 Å². The Bertz CT molecular complexity index is 251. The van der Waals surface area contributed by atoms with Crippen LogP contribution in [0, 0.1) is 5.41 Å². The Morgan fingerprint density at radius 3 is 2.05 bits per heavy atom. The molecule has 0 saturated heterocycles. The van der Waals surface area contributed by atoms with E-state index < -0.39 is 0 Å². The first kappa shape index (κ1) is 18.0. The average molecular weight is 284 g/mol. The van der Waals surface area contributed by atoms with Crippen LogP contribution in [0.5, 0.6) is 0 Å². The van der Waals surface area contributed by atoms with Crippen LogP contribution < -0.4 is 0 Å². The summed E-state index contributed by atoms with van der Waals surface area (Å²) in [7, 11) is 0. The largest absolute Gasteiger partial charge is 0.350 e. The molecule has 0 heterocycles. The van der Waals surface area contributed by atoms with Crippen LogP contribution in [0.15, 0.2) is 0 Å². The molecule has 1 unspecified atom stereocenters. The molecule has 0 amide bonds. The van der Waals surface area contributed by atoms with Gasteiger partial charge in [-0.25, -0.2) is 0 Å². The Balaban J connectivity index is 2.30. The van der Waals surface area contributed by atoms with Crippen LogP contribution in [0.3, 0.4) is 0 Å². The zero-order chi connectivity index (χ0) is 15.1. The maximum Gasteiger partial charge on any atom is 0.169 e. The number of hydrogen-bond donors (Lipinski definition) is 0. The van der Waals surface area contributed by atoms with Crippen molar-refractivity contribution < 1.29 is 9.47 Å². The zero-order valence-corrected chi connectivity index (χ0v) is 14.5. The summed E-state index contributed by atoms with van der Waals surface area (Å²) in [5.74, 6) is -0.227. The first-order chi connectivity index (χ1) is 9.43. The fourth-order valence-electron chi connectivity index (χ4n) is 2.70. The van der Waals surface area contributed by atoms with Crippen molar-refractivity contribution in [3.05, 3.63) is 0 Å². The maximum absolute atomic E-state index is 6.36. The standard InChI is InChI=1S/C18H36O2/c1-6-8-9-10-11-12-13-16(17(3,4)5)20-18(14-15-18)19-7-2/h16H,6-15H2,1-5H3. The molecule has 0 bridgehead atoms. The van der Waals surface area contributed by atoms with Crippen molar-refractivity contribution in [2.24, 2.45) is 5.41 Å². The minimum Gasteiger partial charge on any atom is -0.350 e. The Hall–Kier alpha value is -0.0800. The predicted molar refractivity (Wildman–Crippen MR) is 85.9 cm³/mol. The third kappa shape index (κ3) is 6.58. The highest BCUT2D eigenvalue weighted by Gasteiger charge is 2.48. The molecule has 0 radical (unpaired) electrons. The van der Waals surface area contributed by atoms with Crippen molar-refractivity contribution in [3.8, 4) is 0 Å². The number of rotatable bonds is 11. The predicted octanol–water partition coefficient (Wildman–Crippen LogP) is 5.69. The summed E-state index contributed by atoms with van der Waals surface area (Å²) >= 11 is 0. The van der Waals surface area contributed by atoms with Crippen molar-refractivity contribution in [1.29, 1.82) is 0 Å². The highest BCUT2D eigenvalue weighted by molar-refractivity contribution is 4.89. The second-order valence-electron chi connectivity index (χ2n) is 7.37. The van der Waals surface area contributed by atoms with Crippen LogP contribution in [-0.2, 0) is 9.47 Å². The Morgan fingerprint density at radius 2 is 1.55 bits per heavy atom. The van der Waals surface area contributed by atoms with Crippen LogP contribution in [0.4, 0.5) is 0 Å². The van der Waals surface area contributed by atoms with E-state index in [2.05, 4.69) is 34.6 Å². The van der Waals surface area contributed by atoms with Gasteiger partial charge >= 0.3 is 0 Å². The van der Waals surface area contributed by atoms with Gasteiger partial charge in [-0.2, -0.15) is 0 Å². The minimum absolute atomic E-state index is 0.204. The van der Waals surface area contributed by atoms with Crippen LogP contribution in [0.25, 0.3) is 0 Å². The van der Waals surface area contributed by atoms with Gasteiger partial charge in [-0.1, -0.05) is 66.2 Å². The molecule has 2 heteroatoms. The maximum atomic E-state index is 6.36. The smallest absolute Gasteiger partial charge is 0.169 e. The van der Waals surface area contributed by atoms with Gasteiger partial charge in [-0.05, 0) is 18.8 Å². The van der Waals surface area contributed by atoms with Crippen molar-refractivity contribution >= 4 is 0 Å². The highest BCUT2D eigenvalue weighted by atomic mass is 16.7. The average Bonchev–Trinajstić information content (AvgIpc) is 3.11. The van der Waals surface area contributed by atoms with Gasteiger partial charge in [0.2, 0.25) is 0 Å². The molecule has 0 aromatic rings. The van der Waals surface area contributed by atoms with E-state index in [1.165, 1.54) is 44.9 Å². The summed E-state index contributed by atoms with van der Waals surface area (Å²) in [6.07, 6.45) is 11.7. The normalized spacial score (nSPS) is 19.1. The molecule has 120 valence electrons. The van der Waals surface area contributed by atoms with Gasteiger partial charge in [-0.3, -0.25) is 0 Å². The number of ether oxygens (including phenoxy) is 2. The zero-order valence-electron chi connectivity index (χ0n) is 14.5. The molecule has 0 aromatic carbocycles. The van der Waals surface area contributed by atoms with E-state index in [0.717, 1.165) is 19.4 Å². The quantitative estimate of drug-likeness (QED) is 0.358. The summed E-state index contributed by atoms with van der Waals surface area (Å²) in [4.78, 5) is 0. The van der Waals surface area contributed by atoms with E-state index >= 15 is 0 Å². The summed E-state index contributed by atoms with van der Waals surface area (Å²) in [5.41, 5.74) is 0.204. The fraction of sp³-hybridized carbons (Fsp3) is 1.00. The topological polar surface area (TPSA) is 18.5 Å². The van der Waals surface area contributed by atoms with Gasteiger partial charge in [0.25, 0.3) is 0 Å². The molecule has 1 saturated carbocycles. The number of unbranched alkanes of at least 4 members (excludes halogenated alkanes) is 5. The lowest BCUT2D eigenvalue weighted by Crippen LogP contribution is -2.35.